The third kappa shape index (κ3) is 4.46. The summed E-state index contributed by atoms with van der Waals surface area (Å²) in [6, 6.07) is 4.57. The van der Waals surface area contributed by atoms with Crippen molar-refractivity contribution in [2.45, 2.75) is 6.92 Å². The maximum atomic E-state index is 12.1. The summed E-state index contributed by atoms with van der Waals surface area (Å²) in [7, 11) is 1.22. The molecule has 0 saturated heterocycles. The predicted molar refractivity (Wildman–Crippen MR) is 99.5 cm³/mol. The Hall–Kier alpha value is -2.29. The van der Waals surface area contributed by atoms with E-state index in [2.05, 4.69) is 10.1 Å². The highest BCUT2D eigenvalue weighted by molar-refractivity contribution is 7.18. The lowest BCUT2D eigenvalue weighted by atomic mass is 10.1. The highest BCUT2D eigenvalue weighted by atomic mass is 35.5. The fourth-order valence-electron chi connectivity index (χ4n) is 2.08. The molecule has 3 N–H and O–H groups in total. The van der Waals surface area contributed by atoms with Gasteiger partial charge in [-0.1, -0.05) is 23.2 Å². The van der Waals surface area contributed by atoms with Gasteiger partial charge in [-0.15, -0.1) is 11.3 Å². The third-order valence-corrected chi connectivity index (χ3v) is 4.99. The Bertz CT molecular complexity index is 882. The van der Waals surface area contributed by atoms with Crippen LogP contribution in [0.5, 0.6) is 5.75 Å². The fraction of sp³-hybridized carbons (Fsp3) is 0.188. The number of hydrogen-bond donors (Lipinski definition) is 2. The van der Waals surface area contributed by atoms with E-state index in [1.165, 1.54) is 19.2 Å². The number of ether oxygens (including phenoxy) is 2. The Morgan fingerprint density at radius 2 is 1.96 bits per heavy atom. The van der Waals surface area contributed by atoms with E-state index in [1.54, 1.807) is 13.0 Å². The lowest BCUT2D eigenvalue weighted by Crippen LogP contribution is -2.22. The summed E-state index contributed by atoms with van der Waals surface area (Å²) in [5.41, 5.74) is 5.74. The summed E-state index contributed by atoms with van der Waals surface area (Å²) in [5.74, 6) is -1.68. The topological polar surface area (TPSA) is 108 Å². The van der Waals surface area contributed by atoms with Crippen LogP contribution in [0, 0.1) is 6.92 Å². The van der Waals surface area contributed by atoms with Crippen LogP contribution in [0.25, 0.3) is 0 Å². The Balaban J connectivity index is 2.15. The molecule has 1 heterocycles. The Labute approximate surface area is 163 Å². The number of anilines is 1. The van der Waals surface area contributed by atoms with Gasteiger partial charge in [0.1, 0.15) is 15.6 Å². The second kappa shape index (κ2) is 8.39. The number of methoxy groups -OCH3 is 1. The van der Waals surface area contributed by atoms with Crippen molar-refractivity contribution in [2.24, 2.45) is 5.73 Å². The SMILES string of the molecule is COC(=O)c1sc(NC(=O)COc2ccc(Cl)cc2Cl)c(C(N)=O)c1C. The monoisotopic (exact) mass is 416 g/mol. The molecule has 0 saturated carbocycles. The molecule has 138 valence electrons. The van der Waals surface area contributed by atoms with E-state index < -0.39 is 17.8 Å². The summed E-state index contributed by atoms with van der Waals surface area (Å²) in [5, 5.41) is 3.34. The second-order valence-corrected chi connectivity index (χ2v) is 6.89. The third-order valence-electron chi connectivity index (χ3n) is 3.27. The van der Waals surface area contributed by atoms with E-state index in [0.717, 1.165) is 11.3 Å². The number of rotatable bonds is 6. The van der Waals surface area contributed by atoms with E-state index in [4.69, 9.17) is 33.7 Å². The average molecular weight is 417 g/mol. The summed E-state index contributed by atoms with van der Waals surface area (Å²) >= 11 is 12.6. The van der Waals surface area contributed by atoms with Crippen molar-refractivity contribution >= 4 is 57.3 Å². The van der Waals surface area contributed by atoms with Gasteiger partial charge in [-0.25, -0.2) is 4.79 Å². The summed E-state index contributed by atoms with van der Waals surface area (Å²) < 4.78 is 9.98. The molecule has 2 rings (SSSR count). The normalized spacial score (nSPS) is 10.3. The molecule has 0 atom stereocenters. The molecule has 0 bridgehead atoms. The number of benzene rings is 1. The van der Waals surface area contributed by atoms with Crippen molar-refractivity contribution in [1.82, 2.24) is 0 Å². The van der Waals surface area contributed by atoms with Crippen LogP contribution in [0.15, 0.2) is 18.2 Å². The van der Waals surface area contributed by atoms with Crippen molar-refractivity contribution in [1.29, 1.82) is 0 Å². The van der Waals surface area contributed by atoms with Crippen molar-refractivity contribution in [2.75, 3.05) is 19.0 Å². The zero-order valence-corrected chi connectivity index (χ0v) is 16.1. The first kappa shape index (κ1) is 20.0. The molecule has 26 heavy (non-hydrogen) atoms. The first-order valence-corrected chi connectivity index (χ1v) is 8.71. The highest BCUT2D eigenvalue weighted by Crippen LogP contribution is 2.33. The van der Waals surface area contributed by atoms with Crippen LogP contribution in [0.4, 0.5) is 5.00 Å². The van der Waals surface area contributed by atoms with Gasteiger partial charge in [0.05, 0.1) is 17.7 Å². The number of halogens is 2. The molecule has 1 aromatic carbocycles. The van der Waals surface area contributed by atoms with Gasteiger partial charge >= 0.3 is 5.97 Å². The zero-order chi connectivity index (χ0) is 19.4. The summed E-state index contributed by atoms with van der Waals surface area (Å²) in [4.78, 5) is 35.7. The molecule has 7 nitrogen and oxygen atoms in total. The summed E-state index contributed by atoms with van der Waals surface area (Å²) in [6.07, 6.45) is 0. The highest BCUT2D eigenvalue weighted by Gasteiger charge is 2.25. The smallest absolute Gasteiger partial charge is 0.348 e. The minimum Gasteiger partial charge on any atom is -0.482 e. The number of thiophene rings is 1. The Morgan fingerprint density at radius 3 is 2.54 bits per heavy atom. The van der Waals surface area contributed by atoms with Gasteiger partial charge < -0.3 is 20.5 Å². The molecular weight excluding hydrogens is 403 g/mol. The molecular formula is C16H14Cl2N2O5S. The van der Waals surface area contributed by atoms with Gasteiger partial charge in [-0.05, 0) is 30.7 Å². The zero-order valence-electron chi connectivity index (χ0n) is 13.7. The van der Waals surface area contributed by atoms with Crippen LogP contribution >= 0.6 is 34.5 Å². The van der Waals surface area contributed by atoms with Crippen LogP contribution in [0.2, 0.25) is 10.0 Å². The van der Waals surface area contributed by atoms with Crippen LogP contribution in [-0.4, -0.2) is 31.5 Å². The summed E-state index contributed by atoms with van der Waals surface area (Å²) in [6.45, 7) is 1.17. The minimum absolute atomic E-state index is 0.0493. The maximum Gasteiger partial charge on any atom is 0.348 e. The molecule has 10 heteroatoms. The number of esters is 1. The van der Waals surface area contributed by atoms with E-state index >= 15 is 0 Å². The van der Waals surface area contributed by atoms with Crippen molar-refractivity contribution in [3.8, 4) is 5.75 Å². The Kier molecular flexibility index (Phi) is 6.47. The quantitative estimate of drug-likeness (QED) is 0.702. The lowest BCUT2D eigenvalue weighted by molar-refractivity contribution is -0.118. The van der Waals surface area contributed by atoms with Crippen LogP contribution in [-0.2, 0) is 9.53 Å². The number of amides is 2. The van der Waals surface area contributed by atoms with Gasteiger partial charge in [0.25, 0.3) is 11.8 Å². The molecule has 0 aliphatic heterocycles. The van der Waals surface area contributed by atoms with Crippen molar-refractivity contribution < 1.29 is 23.9 Å². The van der Waals surface area contributed by atoms with Gasteiger partial charge in [-0.3, -0.25) is 9.59 Å². The van der Waals surface area contributed by atoms with E-state index in [0.29, 0.717) is 10.6 Å². The lowest BCUT2D eigenvalue weighted by Gasteiger charge is -2.09. The van der Waals surface area contributed by atoms with E-state index in [-0.39, 0.29) is 32.8 Å². The molecule has 1 aromatic heterocycles. The van der Waals surface area contributed by atoms with Gasteiger partial charge in [-0.2, -0.15) is 0 Å². The average Bonchev–Trinajstić information content (AvgIpc) is 2.89. The Morgan fingerprint density at radius 1 is 1.27 bits per heavy atom. The molecule has 0 unspecified atom stereocenters. The van der Waals surface area contributed by atoms with Crippen LogP contribution in [0.1, 0.15) is 25.6 Å². The molecule has 0 aliphatic rings. The van der Waals surface area contributed by atoms with Gasteiger partial charge in [0, 0.05) is 5.02 Å². The van der Waals surface area contributed by atoms with Crippen LogP contribution < -0.4 is 15.8 Å². The number of primary amides is 1. The molecule has 0 spiro atoms. The number of carbonyl (C=O) groups is 3. The standard InChI is InChI=1S/C16H14Cl2N2O5S/c1-7-12(14(19)22)15(26-13(7)16(23)24-2)20-11(21)6-25-10-4-3-8(17)5-9(10)18/h3-5H,6H2,1-2H3,(H2,19,22)(H,20,21). The largest absolute Gasteiger partial charge is 0.482 e. The first-order valence-electron chi connectivity index (χ1n) is 7.13. The van der Waals surface area contributed by atoms with E-state index in [9.17, 15) is 14.4 Å². The van der Waals surface area contributed by atoms with E-state index in [1.807, 2.05) is 0 Å². The minimum atomic E-state index is -0.772. The number of nitrogens with two attached hydrogens (primary N) is 1. The molecule has 2 aromatic rings. The van der Waals surface area contributed by atoms with Crippen molar-refractivity contribution in [3.63, 3.8) is 0 Å². The maximum absolute atomic E-state index is 12.1. The molecule has 0 aliphatic carbocycles. The molecule has 0 fully saturated rings. The van der Waals surface area contributed by atoms with Crippen molar-refractivity contribution in [3.05, 3.63) is 44.2 Å². The molecule has 0 radical (unpaired) electrons. The number of carbonyl (C=O) groups excluding carboxylic acids is 3. The second-order valence-electron chi connectivity index (χ2n) is 5.03. The fourth-order valence-corrected chi connectivity index (χ4v) is 3.69. The number of nitrogens with one attached hydrogen (secondary N) is 1. The van der Waals surface area contributed by atoms with Crippen LogP contribution in [0.3, 0.4) is 0 Å². The first-order chi connectivity index (χ1) is 12.2. The van der Waals surface area contributed by atoms with Gasteiger partial charge in [0.2, 0.25) is 0 Å². The predicted octanol–water partition coefficient (Wildman–Crippen LogP) is 3.27. The van der Waals surface area contributed by atoms with Gasteiger partial charge in [0.15, 0.2) is 6.61 Å². The molecule has 2 amide bonds. The number of hydrogen-bond acceptors (Lipinski definition) is 6.